The molecule has 70 valence electrons. The molecule has 1 heterocycles. The summed E-state index contributed by atoms with van der Waals surface area (Å²) in [5.74, 6) is 0.694. The van der Waals surface area contributed by atoms with E-state index in [0.29, 0.717) is 6.61 Å². The van der Waals surface area contributed by atoms with Crippen molar-refractivity contribution in [1.82, 2.24) is 0 Å². The number of rotatable bonds is 2. The largest absolute Gasteiger partial charge is 0.480 e. The lowest BCUT2D eigenvalue weighted by Gasteiger charge is -2.29. The molecule has 1 aliphatic rings. The molecule has 0 aromatic heterocycles. The van der Waals surface area contributed by atoms with Crippen LogP contribution in [-0.4, -0.2) is 30.1 Å². The van der Waals surface area contributed by atoms with Gasteiger partial charge < -0.3 is 9.84 Å². The number of ketones is 1. The predicted molar refractivity (Wildman–Crippen MR) is 44.0 cm³/mol. The van der Waals surface area contributed by atoms with Crippen molar-refractivity contribution >= 4 is 11.8 Å². The molecule has 0 radical (unpaired) electrons. The van der Waals surface area contributed by atoms with Crippen LogP contribution >= 0.6 is 0 Å². The lowest BCUT2D eigenvalue weighted by atomic mass is 9.78. The van der Waals surface area contributed by atoms with Gasteiger partial charge in [0.2, 0.25) is 0 Å². The van der Waals surface area contributed by atoms with Crippen LogP contribution in [0.3, 0.4) is 0 Å². The van der Waals surface area contributed by atoms with Crippen LogP contribution < -0.4 is 0 Å². The predicted octanol–water partition coefficient (Wildman–Crippen LogP) is 0.0701. The molecule has 0 saturated carbocycles. The lowest BCUT2D eigenvalue weighted by Crippen LogP contribution is -2.46. The van der Waals surface area contributed by atoms with Crippen LogP contribution in [0.1, 0.15) is 12.8 Å². The number of carbonyl (C=O) groups is 2. The molecule has 13 heavy (non-hydrogen) atoms. The first-order valence-corrected chi connectivity index (χ1v) is 3.91. The van der Waals surface area contributed by atoms with E-state index in [4.69, 9.17) is 16.3 Å². The van der Waals surface area contributed by atoms with Gasteiger partial charge in [0.15, 0.2) is 11.2 Å². The molecule has 1 atom stereocenters. The van der Waals surface area contributed by atoms with Gasteiger partial charge in [0.05, 0.1) is 13.2 Å². The second-order valence-corrected chi connectivity index (χ2v) is 2.99. The summed E-state index contributed by atoms with van der Waals surface area (Å²) in [6.07, 6.45) is 5.06. The van der Waals surface area contributed by atoms with Gasteiger partial charge in [-0.3, -0.25) is 9.59 Å². The number of carbonyl (C=O) groups excluding carboxylic acids is 1. The van der Waals surface area contributed by atoms with Gasteiger partial charge in [-0.25, -0.2) is 0 Å². The maximum absolute atomic E-state index is 11.4. The van der Waals surface area contributed by atoms with Gasteiger partial charge in [-0.15, -0.1) is 12.3 Å². The number of terminal acetylenes is 1. The van der Waals surface area contributed by atoms with Gasteiger partial charge >= 0.3 is 5.97 Å². The first-order valence-electron chi connectivity index (χ1n) is 3.91. The first kappa shape index (κ1) is 9.75. The topological polar surface area (TPSA) is 63.6 Å². The smallest absolute Gasteiger partial charge is 0.320 e. The standard InChI is InChI=1S/C9H10O4/c1-2-4-9(8(11)12)6-13-5-3-7(9)10/h1H,3-6H2,(H,11,12). The van der Waals surface area contributed by atoms with Crippen LogP contribution in [0.15, 0.2) is 0 Å². The molecule has 1 rings (SSSR count). The van der Waals surface area contributed by atoms with E-state index in [1.165, 1.54) is 0 Å². The van der Waals surface area contributed by atoms with Crippen LogP contribution in [-0.2, 0) is 14.3 Å². The summed E-state index contributed by atoms with van der Waals surface area (Å²) in [6.45, 7) is 0.184. The molecule has 1 N–H and O–H groups in total. The molecular weight excluding hydrogens is 172 g/mol. The Labute approximate surface area is 75.9 Å². The molecule has 0 amide bonds. The number of aliphatic carboxylic acids is 1. The Bertz CT molecular complexity index is 276. The number of carboxylic acid groups (broad SMARTS) is 1. The van der Waals surface area contributed by atoms with E-state index in [-0.39, 0.29) is 25.2 Å². The minimum Gasteiger partial charge on any atom is -0.480 e. The fourth-order valence-corrected chi connectivity index (χ4v) is 1.31. The molecule has 0 spiro atoms. The van der Waals surface area contributed by atoms with E-state index in [9.17, 15) is 9.59 Å². The molecule has 0 aromatic carbocycles. The average Bonchev–Trinajstić information content (AvgIpc) is 2.09. The minimum absolute atomic E-state index is 0.0961. The zero-order chi connectivity index (χ0) is 9.90. The van der Waals surface area contributed by atoms with E-state index in [2.05, 4.69) is 5.92 Å². The van der Waals surface area contributed by atoms with Crippen molar-refractivity contribution in [3.05, 3.63) is 0 Å². The number of Topliss-reactive ketones (excluding diaryl/α,β-unsaturated/α-hetero) is 1. The van der Waals surface area contributed by atoms with Crippen molar-refractivity contribution in [3.63, 3.8) is 0 Å². The molecule has 4 nitrogen and oxygen atoms in total. The second-order valence-electron chi connectivity index (χ2n) is 2.99. The second kappa shape index (κ2) is 3.58. The van der Waals surface area contributed by atoms with Crippen LogP contribution in [0, 0.1) is 17.8 Å². The molecule has 1 unspecified atom stereocenters. The Kier molecular flexibility index (Phi) is 2.69. The van der Waals surface area contributed by atoms with E-state index in [0.717, 1.165) is 0 Å². The van der Waals surface area contributed by atoms with Crippen LogP contribution in [0.25, 0.3) is 0 Å². The lowest BCUT2D eigenvalue weighted by molar-refractivity contribution is -0.163. The summed E-state index contributed by atoms with van der Waals surface area (Å²) < 4.78 is 4.97. The van der Waals surface area contributed by atoms with Crippen molar-refractivity contribution in [3.8, 4) is 12.3 Å². The summed E-state index contributed by atoms with van der Waals surface area (Å²) in [6, 6.07) is 0. The summed E-state index contributed by atoms with van der Waals surface area (Å²) in [4.78, 5) is 22.3. The fourth-order valence-electron chi connectivity index (χ4n) is 1.31. The molecule has 1 aliphatic heterocycles. The molecule has 0 aliphatic carbocycles. The Morgan fingerprint density at radius 1 is 1.77 bits per heavy atom. The summed E-state index contributed by atoms with van der Waals surface area (Å²) in [7, 11) is 0. The Hall–Kier alpha value is -1.34. The van der Waals surface area contributed by atoms with Gasteiger partial charge in [-0.2, -0.15) is 0 Å². The molecule has 4 heteroatoms. The van der Waals surface area contributed by atoms with E-state index >= 15 is 0 Å². The Morgan fingerprint density at radius 2 is 2.46 bits per heavy atom. The summed E-state index contributed by atoms with van der Waals surface area (Å²) in [5, 5.41) is 8.89. The monoisotopic (exact) mass is 182 g/mol. The maximum atomic E-state index is 11.4. The van der Waals surface area contributed by atoms with E-state index in [1.54, 1.807) is 0 Å². The number of hydrogen-bond acceptors (Lipinski definition) is 3. The SMILES string of the molecule is C#CCC1(C(=O)O)COCCC1=O. The van der Waals surface area contributed by atoms with E-state index < -0.39 is 11.4 Å². The highest BCUT2D eigenvalue weighted by Crippen LogP contribution is 2.28. The Morgan fingerprint density at radius 3 is 2.92 bits per heavy atom. The number of ether oxygens (including phenoxy) is 1. The third kappa shape index (κ3) is 1.56. The fraction of sp³-hybridized carbons (Fsp3) is 0.556. The average molecular weight is 182 g/mol. The highest BCUT2D eigenvalue weighted by atomic mass is 16.5. The van der Waals surface area contributed by atoms with Gasteiger partial charge in [-0.1, -0.05) is 0 Å². The highest BCUT2D eigenvalue weighted by molar-refractivity contribution is 6.04. The van der Waals surface area contributed by atoms with Crippen molar-refractivity contribution in [1.29, 1.82) is 0 Å². The van der Waals surface area contributed by atoms with Gasteiger partial charge in [0.1, 0.15) is 0 Å². The summed E-state index contributed by atoms with van der Waals surface area (Å²) in [5.41, 5.74) is -1.49. The quantitative estimate of drug-likeness (QED) is 0.485. The van der Waals surface area contributed by atoms with Gasteiger partial charge in [0.25, 0.3) is 0 Å². The molecule has 0 bridgehead atoms. The minimum atomic E-state index is -1.49. The maximum Gasteiger partial charge on any atom is 0.320 e. The molecular formula is C9H10O4. The number of hydrogen-bond donors (Lipinski definition) is 1. The zero-order valence-electron chi connectivity index (χ0n) is 7.08. The van der Waals surface area contributed by atoms with Crippen LogP contribution in [0.5, 0.6) is 0 Å². The van der Waals surface area contributed by atoms with Crippen LogP contribution in [0.2, 0.25) is 0 Å². The third-order valence-electron chi connectivity index (χ3n) is 2.17. The van der Waals surface area contributed by atoms with Crippen molar-refractivity contribution in [2.75, 3.05) is 13.2 Å². The van der Waals surface area contributed by atoms with Crippen LogP contribution in [0.4, 0.5) is 0 Å². The van der Waals surface area contributed by atoms with E-state index in [1.807, 2.05) is 0 Å². The Balaban J connectivity index is 2.94. The number of carboxylic acids is 1. The molecule has 0 aromatic rings. The summed E-state index contributed by atoms with van der Waals surface area (Å²) >= 11 is 0. The molecule has 1 saturated heterocycles. The normalized spacial score (nSPS) is 28.1. The first-order chi connectivity index (χ1) is 6.13. The zero-order valence-corrected chi connectivity index (χ0v) is 7.08. The van der Waals surface area contributed by atoms with Gasteiger partial charge in [0, 0.05) is 12.8 Å². The van der Waals surface area contributed by atoms with Crippen molar-refractivity contribution < 1.29 is 19.4 Å². The van der Waals surface area contributed by atoms with Crippen molar-refractivity contribution in [2.45, 2.75) is 12.8 Å². The van der Waals surface area contributed by atoms with Gasteiger partial charge in [-0.05, 0) is 0 Å². The third-order valence-corrected chi connectivity index (χ3v) is 2.17. The van der Waals surface area contributed by atoms with Crippen molar-refractivity contribution in [2.24, 2.45) is 5.41 Å². The highest BCUT2D eigenvalue weighted by Gasteiger charge is 2.47. The molecule has 1 fully saturated rings.